The van der Waals surface area contributed by atoms with E-state index in [-0.39, 0.29) is 5.91 Å². The Balaban J connectivity index is 2.51. The predicted molar refractivity (Wildman–Crippen MR) is 70.6 cm³/mol. The van der Waals surface area contributed by atoms with Gasteiger partial charge in [-0.25, -0.2) is 4.79 Å². The van der Waals surface area contributed by atoms with Gasteiger partial charge in [-0.1, -0.05) is 30.3 Å². The van der Waals surface area contributed by atoms with Crippen molar-refractivity contribution in [1.82, 2.24) is 4.90 Å². The van der Waals surface area contributed by atoms with Gasteiger partial charge in [0.25, 0.3) is 5.91 Å². The number of benzene rings is 1. The van der Waals surface area contributed by atoms with Crippen LogP contribution in [0.25, 0.3) is 0 Å². The van der Waals surface area contributed by atoms with E-state index in [9.17, 15) is 9.59 Å². The molecule has 2 atom stereocenters. The molecule has 1 N–H and O–H groups in total. The molecule has 0 bridgehead atoms. The first-order valence-electron chi connectivity index (χ1n) is 6.08. The van der Waals surface area contributed by atoms with E-state index in [1.165, 1.54) is 18.9 Å². The lowest BCUT2D eigenvalue weighted by atomic mass is 10.2. The Hall–Kier alpha value is -1.88. The van der Waals surface area contributed by atoms with Crippen LogP contribution in [0.2, 0.25) is 0 Å². The summed E-state index contributed by atoms with van der Waals surface area (Å²) in [6, 6.07) is 8.63. The number of hydrogen-bond donors (Lipinski definition) is 1. The number of carboxylic acids is 1. The van der Waals surface area contributed by atoms with Gasteiger partial charge in [0.2, 0.25) is 0 Å². The van der Waals surface area contributed by atoms with Crippen molar-refractivity contribution in [1.29, 1.82) is 0 Å². The number of carbonyl (C=O) groups excluding carboxylic acids is 1. The van der Waals surface area contributed by atoms with Gasteiger partial charge in [-0.05, 0) is 19.4 Å². The summed E-state index contributed by atoms with van der Waals surface area (Å²) in [6.07, 6.45) is -0.674. The second kappa shape index (κ2) is 6.89. The zero-order valence-electron chi connectivity index (χ0n) is 11.4. The fourth-order valence-corrected chi connectivity index (χ4v) is 1.51. The minimum Gasteiger partial charge on any atom is -0.480 e. The first-order chi connectivity index (χ1) is 8.93. The first kappa shape index (κ1) is 15.2. The van der Waals surface area contributed by atoms with E-state index in [4.69, 9.17) is 9.84 Å². The van der Waals surface area contributed by atoms with Crippen molar-refractivity contribution in [2.75, 3.05) is 7.05 Å². The topological polar surface area (TPSA) is 66.8 Å². The molecule has 0 saturated carbocycles. The minimum absolute atomic E-state index is 0.322. The third-order valence-corrected chi connectivity index (χ3v) is 2.98. The predicted octanol–water partition coefficient (Wildman–Crippen LogP) is 1.52. The number of rotatable bonds is 6. The molecule has 0 aliphatic carbocycles. The summed E-state index contributed by atoms with van der Waals surface area (Å²) in [6.45, 7) is 3.41. The minimum atomic E-state index is -1.04. The molecule has 0 spiro atoms. The van der Waals surface area contributed by atoms with E-state index >= 15 is 0 Å². The van der Waals surface area contributed by atoms with E-state index in [0.717, 1.165) is 5.56 Å². The van der Waals surface area contributed by atoms with E-state index in [1.54, 1.807) is 6.92 Å². The molecule has 104 valence electrons. The molecule has 0 heterocycles. The van der Waals surface area contributed by atoms with Crippen molar-refractivity contribution in [2.45, 2.75) is 32.6 Å². The highest BCUT2D eigenvalue weighted by atomic mass is 16.5. The van der Waals surface area contributed by atoms with Crippen LogP contribution in [0.1, 0.15) is 19.4 Å². The molecule has 0 aliphatic rings. The van der Waals surface area contributed by atoms with Crippen molar-refractivity contribution >= 4 is 11.9 Å². The highest BCUT2D eigenvalue weighted by molar-refractivity contribution is 5.85. The molecule has 1 aromatic carbocycles. The van der Waals surface area contributed by atoms with Crippen molar-refractivity contribution in [2.24, 2.45) is 0 Å². The lowest BCUT2D eigenvalue weighted by Gasteiger charge is -2.24. The van der Waals surface area contributed by atoms with Gasteiger partial charge >= 0.3 is 5.97 Å². The van der Waals surface area contributed by atoms with Crippen LogP contribution < -0.4 is 0 Å². The fourth-order valence-electron chi connectivity index (χ4n) is 1.51. The molecule has 0 aromatic heterocycles. The molecular weight excluding hydrogens is 246 g/mol. The first-order valence-corrected chi connectivity index (χ1v) is 6.08. The van der Waals surface area contributed by atoms with Crippen molar-refractivity contribution < 1.29 is 19.4 Å². The molecule has 19 heavy (non-hydrogen) atoms. The molecule has 1 amide bonds. The Bertz CT molecular complexity index is 432. The van der Waals surface area contributed by atoms with E-state index in [2.05, 4.69) is 0 Å². The molecule has 2 unspecified atom stereocenters. The normalized spacial score (nSPS) is 13.6. The number of hydrogen-bond acceptors (Lipinski definition) is 3. The van der Waals surface area contributed by atoms with Crippen LogP contribution in [-0.2, 0) is 20.9 Å². The van der Waals surface area contributed by atoms with E-state index in [0.29, 0.717) is 6.61 Å². The van der Waals surface area contributed by atoms with Gasteiger partial charge in [0.1, 0.15) is 12.1 Å². The molecule has 0 fully saturated rings. The summed E-state index contributed by atoms with van der Waals surface area (Å²) in [5.41, 5.74) is 0.969. The van der Waals surface area contributed by atoms with Crippen LogP contribution in [0.15, 0.2) is 30.3 Å². The van der Waals surface area contributed by atoms with Crippen molar-refractivity contribution in [3.8, 4) is 0 Å². The lowest BCUT2D eigenvalue weighted by Crippen LogP contribution is -2.45. The van der Waals surface area contributed by atoms with Crippen LogP contribution >= 0.6 is 0 Å². The standard InChI is InChI=1S/C14H19NO4/c1-10(14(17)18)15(3)13(16)11(2)19-9-12-7-5-4-6-8-12/h4-8,10-11H,9H2,1-3H3,(H,17,18). The van der Waals surface area contributed by atoms with Crippen molar-refractivity contribution in [3.05, 3.63) is 35.9 Å². The number of nitrogens with zero attached hydrogens (tertiary/aromatic N) is 1. The fraction of sp³-hybridized carbons (Fsp3) is 0.429. The van der Waals surface area contributed by atoms with Crippen molar-refractivity contribution in [3.63, 3.8) is 0 Å². The largest absolute Gasteiger partial charge is 0.480 e. The van der Waals surface area contributed by atoms with Gasteiger partial charge in [0, 0.05) is 7.05 Å². The quantitative estimate of drug-likeness (QED) is 0.847. The molecule has 0 saturated heterocycles. The van der Waals surface area contributed by atoms with Gasteiger partial charge in [-0.3, -0.25) is 4.79 Å². The highest BCUT2D eigenvalue weighted by Crippen LogP contribution is 2.07. The van der Waals surface area contributed by atoms with Crippen LogP contribution in [0.5, 0.6) is 0 Å². The number of likely N-dealkylation sites (N-methyl/N-ethyl adjacent to an activating group) is 1. The second-order valence-corrected chi connectivity index (χ2v) is 4.40. The SMILES string of the molecule is CC(OCc1ccccc1)C(=O)N(C)C(C)C(=O)O. The summed E-state index contributed by atoms with van der Waals surface area (Å²) in [4.78, 5) is 23.9. The molecule has 1 rings (SSSR count). The van der Waals surface area contributed by atoms with Gasteiger partial charge in [0.15, 0.2) is 0 Å². The lowest BCUT2D eigenvalue weighted by molar-refractivity contribution is -0.153. The monoisotopic (exact) mass is 265 g/mol. The molecule has 0 radical (unpaired) electrons. The second-order valence-electron chi connectivity index (χ2n) is 4.40. The molecular formula is C14H19NO4. The Kier molecular flexibility index (Phi) is 5.51. The van der Waals surface area contributed by atoms with Crippen LogP contribution in [0, 0.1) is 0 Å². The summed E-state index contributed by atoms with van der Waals surface area (Å²) in [7, 11) is 1.46. The summed E-state index contributed by atoms with van der Waals surface area (Å²) >= 11 is 0. The van der Waals surface area contributed by atoms with Crippen LogP contribution in [0.4, 0.5) is 0 Å². The summed E-state index contributed by atoms with van der Waals surface area (Å²) < 4.78 is 5.46. The maximum Gasteiger partial charge on any atom is 0.326 e. The number of aliphatic carboxylic acids is 1. The molecule has 0 aliphatic heterocycles. The maximum atomic E-state index is 11.9. The Morgan fingerprint density at radius 2 is 1.84 bits per heavy atom. The third-order valence-electron chi connectivity index (χ3n) is 2.98. The Morgan fingerprint density at radius 1 is 1.26 bits per heavy atom. The molecule has 1 aromatic rings. The van der Waals surface area contributed by atoms with E-state index in [1.807, 2.05) is 30.3 Å². The van der Waals surface area contributed by atoms with Gasteiger partial charge in [0.05, 0.1) is 6.61 Å². The third kappa shape index (κ3) is 4.37. The van der Waals surface area contributed by atoms with Gasteiger partial charge in [-0.2, -0.15) is 0 Å². The number of carbonyl (C=O) groups is 2. The summed E-state index contributed by atoms with van der Waals surface area (Å²) in [5.74, 6) is -1.38. The number of ether oxygens (including phenoxy) is 1. The summed E-state index contributed by atoms with van der Waals surface area (Å²) in [5, 5.41) is 8.86. The highest BCUT2D eigenvalue weighted by Gasteiger charge is 2.25. The molecule has 5 nitrogen and oxygen atoms in total. The average Bonchev–Trinajstić information content (AvgIpc) is 2.43. The van der Waals surface area contributed by atoms with Crippen LogP contribution in [-0.4, -0.2) is 41.1 Å². The van der Waals surface area contributed by atoms with E-state index < -0.39 is 18.1 Å². The molecule has 5 heteroatoms. The smallest absolute Gasteiger partial charge is 0.326 e. The zero-order chi connectivity index (χ0) is 14.4. The zero-order valence-corrected chi connectivity index (χ0v) is 11.4. The Labute approximate surface area is 112 Å². The van der Waals surface area contributed by atoms with Crippen LogP contribution in [0.3, 0.4) is 0 Å². The maximum absolute atomic E-state index is 11.9. The average molecular weight is 265 g/mol. The number of amides is 1. The Morgan fingerprint density at radius 3 is 2.37 bits per heavy atom. The van der Waals surface area contributed by atoms with Gasteiger partial charge < -0.3 is 14.7 Å². The number of carboxylic acid groups (broad SMARTS) is 1. The van der Waals surface area contributed by atoms with Gasteiger partial charge in [-0.15, -0.1) is 0 Å².